The highest BCUT2D eigenvalue weighted by molar-refractivity contribution is 6.33. The topological polar surface area (TPSA) is 92.5 Å². The number of methoxy groups -OCH3 is 2. The third-order valence-corrected chi connectivity index (χ3v) is 3.92. The SMILES string of the molecule is COc1ccc(C=Cc2nn(Cc3cc(C)on3)c(=O)o2)c(Cl)c1OC. The van der Waals surface area contributed by atoms with Crippen LogP contribution in [0.3, 0.4) is 0 Å². The van der Waals surface area contributed by atoms with Gasteiger partial charge in [-0.25, -0.2) is 4.79 Å². The summed E-state index contributed by atoms with van der Waals surface area (Å²) in [5.74, 6) is 1.14. The van der Waals surface area contributed by atoms with Gasteiger partial charge in [0.1, 0.15) is 11.5 Å². The second kappa shape index (κ2) is 7.49. The fourth-order valence-corrected chi connectivity index (χ4v) is 2.63. The molecule has 136 valence electrons. The predicted molar refractivity (Wildman–Crippen MR) is 94.6 cm³/mol. The van der Waals surface area contributed by atoms with Crippen molar-refractivity contribution in [2.75, 3.05) is 14.2 Å². The van der Waals surface area contributed by atoms with Crippen molar-refractivity contribution in [2.45, 2.75) is 13.5 Å². The van der Waals surface area contributed by atoms with E-state index in [0.29, 0.717) is 33.5 Å². The smallest absolute Gasteiger partial charge is 0.437 e. The van der Waals surface area contributed by atoms with E-state index in [1.807, 2.05) is 0 Å². The number of halogens is 1. The summed E-state index contributed by atoms with van der Waals surface area (Å²) < 4.78 is 21.7. The van der Waals surface area contributed by atoms with Crippen molar-refractivity contribution >= 4 is 23.8 Å². The van der Waals surface area contributed by atoms with E-state index in [1.165, 1.54) is 14.2 Å². The minimum atomic E-state index is -0.594. The summed E-state index contributed by atoms with van der Waals surface area (Å²) in [6, 6.07) is 5.21. The summed E-state index contributed by atoms with van der Waals surface area (Å²) in [7, 11) is 3.03. The lowest BCUT2D eigenvalue weighted by Gasteiger charge is -2.10. The number of rotatable bonds is 6. The second-order valence-corrected chi connectivity index (χ2v) is 5.71. The molecular weight excluding hydrogens is 362 g/mol. The van der Waals surface area contributed by atoms with Crippen LogP contribution in [0.1, 0.15) is 22.9 Å². The van der Waals surface area contributed by atoms with Gasteiger partial charge in [0.15, 0.2) is 11.5 Å². The largest absolute Gasteiger partial charge is 0.493 e. The van der Waals surface area contributed by atoms with Crippen molar-refractivity contribution in [3.63, 3.8) is 0 Å². The number of aryl methyl sites for hydroxylation is 1. The maximum absolute atomic E-state index is 11.9. The van der Waals surface area contributed by atoms with Crippen LogP contribution in [0.25, 0.3) is 12.2 Å². The van der Waals surface area contributed by atoms with E-state index >= 15 is 0 Å². The third-order valence-electron chi connectivity index (χ3n) is 3.53. The van der Waals surface area contributed by atoms with Crippen LogP contribution in [-0.2, 0) is 6.54 Å². The number of hydrogen-bond donors (Lipinski definition) is 0. The normalized spacial score (nSPS) is 11.2. The van der Waals surface area contributed by atoms with Crippen LogP contribution in [0.15, 0.2) is 31.9 Å². The molecule has 0 unspecified atom stereocenters. The highest BCUT2D eigenvalue weighted by atomic mass is 35.5. The molecule has 2 heterocycles. The van der Waals surface area contributed by atoms with Gasteiger partial charge < -0.3 is 18.4 Å². The first-order chi connectivity index (χ1) is 12.5. The molecule has 3 rings (SSSR count). The first-order valence-corrected chi connectivity index (χ1v) is 7.98. The van der Waals surface area contributed by atoms with Crippen LogP contribution in [0.5, 0.6) is 11.5 Å². The Morgan fingerprint density at radius 2 is 2.08 bits per heavy atom. The van der Waals surface area contributed by atoms with Gasteiger partial charge in [0, 0.05) is 12.1 Å². The molecule has 0 N–H and O–H groups in total. The highest BCUT2D eigenvalue weighted by Crippen LogP contribution is 2.37. The number of nitrogens with zero attached hydrogens (tertiary/aromatic N) is 3. The first kappa shape index (κ1) is 17.8. The van der Waals surface area contributed by atoms with E-state index in [-0.39, 0.29) is 12.4 Å². The summed E-state index contributed by atoms with van der Waals surface area (Å²) in [6.45, 7) is 1.92. The molecule has 3 aromatic rings. The molecule has 0 saturated heterocycles. The molecule has 0 spiro atoms. The molecule has 0 radical (unpaired) electrons. The second-order valence-electron chi connectivity index (χ2n) is 5.33. The average Bonchev–Trinajstić information content (AvgIpc) is 3.19. The lowest BCUT2D eigenvalue weighted by molar-refractivity contribution is 0.355. The molecule has 0 bridgehead atoms. The standard InChI is InChI=1S/C17H16ClN3O5/c1-10-8-12(20-26-10)9-21-17(22)25-14(19-21)7-5-11-4-6-13(23-2)16(24-3)15(11)18/h4-8H,9H2,1-3H3. The minimum Gasteiger partial charge on any atom is -0.493 e. The Morgan fingerprint density at radius 1 is 1.27 bits per heavy atom. The van der Waals surface area contributed by atoms with Gasteiger partial charge in [-0.3, -0.25) is 0 Å². The molecule has 0 amide bonds. The Labute approximate surface area is 153 Å². The zero-order valence-electron chi connectivity index (χ0n) is 14.4. The van der Waals surface area contributed by atoms with Crippen LogP contribution in [-0.4, -0.2) is 29.2 Å². The fourth-order valence-electron chi connectivity index (χ4n) is 2.33. The summed E-state index contributed by atoms with van der Waals surface area (Å²) >= 11 is 6.31. The fraction of sp³-hybridized carbons (Fsp3) is 0.235. The van der Waals surface area contributed by atoms with Gasteiger partial charge in [-0.1, -0.05) is 16.8 Å². The van der Waals surface area contributed by atoms with Crippen LogP contribution >= 0.6 is 11.6 Å². The highest BCUT2D eigenvalue weighted by Gasteiger charge is 2.12. The Morgan fingerprint density at radius 3 is 2.73 bits per heavy atom. The number of ether oxygens (including phenoxy) is 2. The lowest BCUT2D eigenvalue weighted by Crippen LogP contribution is -2.16. The number of aromatic nitrogens is 3. The molecule has 2 aromatic heterocycles. The van der Waals surface area contributed by atoms with Gasteiger partial charge >= 0.3 is 5.76 Å². The molecule has 0 saturated carbocycles. The summed E-state index contributed by atoms with van der Waals surface area (Å²) in [6.07, 6.45) is 3.21. The van der Waals surface area contributed by atoms with Gasteiger partial charge in [-0.15, -0.1) is 5.10 Å². The quantitative estimate of drug-likeness (QED) is 0.651. The molecule has 1 aromatic carbocycles. The Kier molecular flexibility index (Phi) is 5.13. The van der Waals surface area contributed by atoms with Gasteiger partial charge in [-0.2, -0.15) is 4.68 Å². The first-order valence-electron chi connectivity index (χ1n) is 7.60. The summed E-state index contributed by atoms with van der Waals surface area (Å²) in [5.41, 5.74) is 1.24. The lowest BCUT2D eigenvalue weighted by atomic mass is 10.2. The maximum atomic E-state index is 11.9. The van der Waals surface area contributed by atoms with E-state index in [0.717, 1.165) is 4.68 Å². The van der Waals surface area contributed by atoms with Crippen molar-refractivity contribution < 1.29 is 18.4 Å². The van der Waals surface area contributed by atoms with E-state index in [2.05, 4.69) is 10.3 Å². The molecule has 0 fully saturated rings. The predicted octanol–water partition coefficient (Wildman–Crippen LogP) is 3.02. The van der Waals surface area contributed by atoms with Crippen molar-refractivity contribution in [2.24, 2.45) is 0 Å². The molecular formula is C17H16ClN3O5. The molecule has 0 aliphatic rings. The zero-order valence-corrected chi connectivity index (χ0v) is 15.1. The van der Waals surface area contributed by atoms with Crippen molar-refractivity contribution in [1.29, 1.82) is 0 Å². The Hall–Kier alpha value is -3.00. The molecule has 26 heavy (non-hydrogen) atoms. The van der Waals surface area contributed by atoms with Crippen LogP contribution < -0.4 is 15.2 Å². The maximum Gasteiger partial charge on any atom is 0.437 e. The van der Waals surface area contributed by atoms with Crippen LogP contribution in [0.2, 0.25) is 5.02 Å². The van der Waals surface area contributed by atoms with Crippen molar-refractivity contribution in [3.8, 4) is 11.5 Å². The van der Waals surface area contributed by atoms with E-state index < -0.39 is 5.76 Å². The molecule has 9 heteroatoms. The minimum absolute atomic E-state index is 0.140. The Bertz CT molecular complexity index is 1000. The van der Waals surface area contributed by atoms with Gasteiger partial charge in [-0.05, 0) is 30.7 Å². The Balaban J connectivity index is 1.83. The van der Waals surface area contributed by atoms with Crippen molar-refractivity contribution in [3.05, 3.63) is 56.7 Å². The van der Waals surface area contributed by atoms with E-state index in [4.69, 9.17) is 30.0 Å². The molecule has 0 aliphatic carbocycles. The van der Waals surface area contributed by atoms with Gasteiger partial charge in [0.2, 0.25) is 5.89 Å². The zero-order chi connectivity index (χ0) is 18.7. The average molecular weight is 378 g/mol. The molecule has 0 atom stereocenters. The monoisotopic (exact) mass is 377 g/mol. The number of benzene rings is 1. The van der Waals surface area contributed by atoms with Crippen LogP contribution in [0.4, 0.5) is 0 Å². The van der Waals surface area contributed by atoms with E-state index in [1.54, 1.807) is 37.3 Å². The van der Waals surface area contributed by atoms with Gasteiger partial charge in [0.25, 0.3) is 0 Å². The molecule has 0 aliphatic heterocycles. The van der Waals surface area contributed by atoms with E-state index in [9.17, 15) is 4.79 Å². The third kappa shape index (κ3) is 3.65. The summed E-state index contributed by atoms with van der Waals surface area (Å²) in [4.78, 5) is 11.9. The van der Waals surface area contributed by atoms with Crippen molar-refractivity contribution in [1.82, 2.24) is 14.9 Å². The molecule has 8 nitrogen and oxygen atoms in total. The summed E-state index contributed by atoms with van der Waals surface area (Å²) in [5, 5.41) is 8.31. The number of hydrogen-bond acceptors (Lipinski definition) is 7. The van der Waals surface area contributed by atoms with Gasteiger partial charge in [0.05, 0.1) is 25.8 Å². The van der Waals surface area contributed by atoms with Crippen LogP contribution in [0, 0.1) is 6.92 Å².